The summed E-state index contributed by atoms with van der Waals surface area (Å²) in [4.78, 5) is 33.7. The molecule has 0 unspecified atom stereocenters. The van der Waals surface area contributed by atoms with Crippen LogP contribution in [0.25, 0.3) is 0 Å². The fourth-order valence-corrected chi connectivity index (χ4v) is 2.29. The fourth-order valence-electron chi connectivity index (χ4n) is 2.29. The van der Waals surface area contributed by atoms with E-state index >= 15 is 0 Å². The van der Waals surface area contributed by atoms with Crippen molar-refractivity contribution in [1.29, 1.82) is 0 Å². The first-order chi connectivity index (χ1) is 11.8. The zero-order chi connectivity index (χ0) is 18.6. The molecular formula is C16H17N3O6. The van der Waals surface area contributed by atoms with Crippen LogP contribution in [0, 0.1) is 24.0 Å². The lowest BCUT2D eigenvalue weighted by molar-refractivity contribution is -0.386. The van der Waals surface area contributed by atoms with E-state index in [1.807, 2.05) is 0 Å². The lowest BCUT2D eigenvalue weighted by atomic mass is 10.1. The van der Waals surface area contributed by atoms with Gasteiger partial charge in [-0.15, -0.1) is 0 Å². The van der Waals surface area contributed by atoms with Crippen molar-refractivity contribution >= 4 is 17.6 Å². The second kappa shape index (κ2) is 7.56. The first-order valence-electron chi connectivity index (χ1n) is 7.34. The van der Waals surface area contributed by atoms with E-state index in [9.17, 15) is 19.7 Å². The van der Waals surface area contributed by atoms with Crippen LogP contribution in [-0.2, 0) is 27.4 Å². The average molecular weight is 347 g/mol. The van der Waals surface area contributed by atoms with E-state index < -0.39 is 16.9 Å². The molecule has 0 fully saturated rings. The predicted octanol–water partition coefficient (Wildman–Crippen LogP) is 1.94. The van der Waals surface area contributed by atoms with Gasteiger partial charge in [0.1, 0.15) is 24.5 Å². The molecule has 0 amide bonds. The van der Waals surface area contributed by atoms with Crippen LogP contribution in [0.5, 0.6) is 0 Å². The van der Waals surface area contributed by atoms with Gasteiger partial charge in [0.2, 0.25) is 0 Å². The zero-order valence-corrected chi connectivity index (χ0v) is 14.0. The normalized spacial score (nSPS) is 10.4. The van der Waals surface area contributed by atoms with Crippen molar-refractivity contribution in [2.45, 2.75) is 27.0 Å². The van der Waals surface area contributed by atoms with Crippen molar-refractivity contribution in [3.63, 3.8) is 0 Å². The average Bonchev–Trinajstić information content (AvgIpc) is 2.86. The minimum Gasteiger partial charge on any atom is -0.465 e. The number of hydrogen-bond acceptors (Lipinski definition) is 7. The van der Waals surface area contributed by atoms with Crippen LogP contribution in [0.3, 0.4) is 0 Å². The molecule has 9 heteroatoms. The number of ether oxygens (including phenoxy) is 2. The number of carbonyl (C=O) groups is 2. The standard InChI is InChI=1S/C16H17N3O6/c1-10-15(19(22)23)11(2)18(17-10)8-14(20)25-9-12-4-6-13(7-5-12)16(21)24-3/h4-7H,8-9H2,1-3H3. The van der Waals surface area contributed by atoms with Crippen LogP contribution in [-0.4, -0.2) is 33.8 Å². The Bertz CT molecular complexity index is 810. The third kappa shape index (κ3) is 4.19. The molecule has 0 atom stereocenters. The van der Waals surface area contributed by atoms with Crippen LogP contribution in [0.4, 0.5) is 5.69 Å². The number of carbonyl (C=O) groups excluding carboxylic acids is 2. The van der Waals surface area contributed by atoms with E-state index in [-0.39, 0.29) is 24.5 Å². The second-order valence-electron chi connectivity index (χ2n) is 5.28. The number of esters is 2. The summed E-state index contributed by atoms with van der Waals surface area (Å²) in [5.41, 5.74) is 1.52. The molecule has 0 aliphatic heterocycles. The predicted molar refractivity (Wildman–Crippen MR) is 85.9 cm³/mol. The van der Waals surface area contributed by atoms with E-state index in [0.29, 0.717) is 16.8 Å². The van der Waals surface area contributed by atoms with E-state index in [2.05, 4.69) is 9.84 Å². The molecule has 0 saturated carbocycles. The Balaban J connectivity index is 1.96. The van der Waals surface area contributed by atoms with Gasteiger partial charge in [0, 0.05) is 0 Å². The quantitative estimate of drug-likeness (QED) is 0.445. The first-order valence-corrected chi connectivity index (χ1v) is 7.34. The maximum atomic E-state index is 11.9. The number of nitrogens with zero attached hydrogens (tertiary/aromatic N) is 3. The lowest BCUT2D eigenvalue weighted by Gasteiger charge is -2.07. The molecule has 9 nitrogen and oxygen atoms in total. The number of nitro groups is 1. The second-order valence-corrected chi connectivity index (χ2v) is 5.28. The number of benzene rings is 1. The van der Waals surface area contributed by atoms with Crippen molar-refractivity contribution in [2.75, 3.05) is 7.11 Å². The van der Waals surface area contributed by atoms with Gasteiger partial charge < -0.3 is 9.47 Å². The van der Waals surface area contributed by atoms with E-state index in [4.69, 9.17) is 4.74 Å². The van der Waals surface area contributed by atoms with Crippen molar-refractivity contribution in [3.05, 3.63) is 56.9 Å². The largest absolute Gasteiger partial charge is 0.465 e. The fraction of sp³-hybridized carbons (Fsp3) is 0.312. The van der Waals surface area contributed by atoms with Gasteiger partial charge in [-0.25, -0.2) is 4.79 Å². The molecule has 2 rings (SSSR count). The number of methoxy groups -OCH3 is 1. The Kier molecular flexibility index (Phi) is 5.48. The maximum absolute atomic E-state index is 11.9. The molecule has 25 heavy (non-hydrogen) atoms. The summed E-state index contributed by atoms with van der Waals surface area (Å²) in [6.45, 7) is 2.83. The minimum absolute atomic E-state index is 0.0156. The summed E-state index contributed by atoms with van der Waals surface area (Å²) in [6.07, 6.45) is 0. The Morgan fingerprint density at radius 2 is 1.88 bits per heavy atom. The Labute approximate surface area is 143 Å². The molecule has 1 aromatic heterocycles. The van der Waals surface area contributed by atoms with Crippen molar-refractivity contribution in [2.24, 2.45) is 0 Å². The van der Waals surface area contributed by atoms with Crippen LogP contribution in [0.2, 0.25) is 0 Å². The highest BCUT2D eigenvalue weighted by Gasteiger charge is 2.23. The van der Waals surface area contributed by atoms with Gasteiger partial charge in [0.15, 0.2) is 0 Å². The molecule has 0 spiro atoms. The molecular weight excluding hydrogens is 330 g/mol. The van der Waals surface area contributed by atoms with E-state index in [0.717, 1.165) is 0 Å². The van der Waals surface area contributed by atoms with Gasteiger partial charge >= 0.3 is 17.6 Å². The number of aryl methyl sites for hydroxylation is 1. The molecule has 1 heterocycles. The number of aromatic nitrogens is 2. The zero-order valence-electron chi connectivity index (χ0n) is 14.0. The first kappa shape index (κ1) is 18.1. The van der Waals surface area contributed by atoms with Gasteiger partial charge in [-0.1, -0.05) is 12.1 Å². The van der Waals surface area contributed by atoms with Crippen molar-refractivity contribution in [3.8, 4) is 0 Å². The highest BCUT2D eigenvalue weighted by Crippen LogP contribution is 2.21. The summed E-state index contributed by atoms with van der Waals surface area (Å²) in [5, 5.41) is 14.9. The summed E-state index contributed by atoms with van der Waals surface area (Å²) in [6, 6.07) is 6.43. The molecule has 0 radical (unpaired) electrons. The third-order valence-corrected chi connectivity index (χ3v) is 3.58. The van der Waals surface area contributed by atoms with E-state index in [1.165, 1.54) is 25.6 Å². The summed E-state index contributed by atoms with van der Waals surface area (Å²) >= 11 is 0. The Morgan fingerprint density at radius 3 is 2.40 bits per heavy atom. The van der Waals surface area contributed by atoms with Crippen LogP contribution in [0.1, 0.15) is 27.3 Å². The van der Waals surface area contributed by atoms with Crippen LogP contribution < -0.4 is 0 Å². The van der Waals surface area contributed by atoms with Gasteiger partial charge in [-0.2, -0.15) is 5.10 Å². The molecule has 0 aliphatic rings. The third-order valence-electron chi connectivity index (χ3n) is 3.58. The highest BCUT2D eigenvalue weighted by atomic mass is 16.6. The van der Waals surface area contributed by atoms with E-state index in [1.54, 1.807) is 24.3 Å². The molecule has 1 aromatic carbocycles. The van der Waals surface area contributed by atoms with Gasteiger partial charge in [-0.05, 0) is 31.5 Å². The molecule has 0 bridgehead atoms. The molecule has 2 aromatic rings. The molecule has 0 N–H and O–H groups in total. The Hall–Kier alpha value is -3.23. The number of rotatable bonds is 6. The summed E-state index contributed by atoms with van der Waals surface area (Å²) in [7, 11) is 1.29. The molecule has 132 valence electrons. The van der Waals surface area contributed by atoms with Gasteiger partial charge in [0.05, 0.1) is 17.6 Å². The van der Waals surface area contributed by atoms with Gasteiger partial charge in [-0.3, -0.25) is 19.6 Å². The minimum atomic E-state index is -0.572. The van der Waals surface area contributed by atoms with Crippen LogP contribution in [0.15, 0.2) is 24.3 Å². The lowest BCUT2D eigenvalue weighted by Crippen LogP contribution is -2.15. The van der Waals surface area contributed by atoms with Crippen LogP contribution >= 0.6 is 0 Å². The maximum Gasteiger partial charge on any atom is 0.337 e. The van der Waals surface area contributed by atoms with Crippen molar-refractivity contribution in [1.82, 2.24) is 9.78 Å². The Morgan fingerprint density at radius 1 is 1.24 bits per heavy atom. The smallest absolute Gasteiger partial charge is 0.337 e. The summed E-state index contributed by atoms with van der Waals surface area (Å²) in [5.74, 6) is -1.02. The highest BCUT2D eigenvalue weighted by molar-refractivity contribution is 5.89. The number of hydrogen-bond donors (Lipinski definition) is 0. The monoisotopic (exact) mass is 347 g/mol. The summed E-state index contributed by atoms with van der Waals surface area (Å²) < 4.78 is 11.0. The molecule has 0 aliphatic carbocycles. The topological polar surface area (TPSA) is 114 Å². The van der Waals surface area contributed by atoms with Gasteiger partial charge in [0.25, 0.3) is 0 Å². The van der Waals surface area contributed by atoms with Crippen molar-refractivity contribution < 1.29 is 24.0 Å². The SMILES string of the molecule is COC(=O)c1ccc(COC(=O)Cn2nc(C)c([N+](=O)[O-])c2C)cc1. The molecule has 0 saturated heterocycles.